The summed E-state index contributed by atoms with van der Waals surface area (Å²) in [5.41, 5.74) is -1.93. The second-order valence-electron chi connectivity index (χ2n) is 2.64. The van der Waals surface area contributed by atoms with E-state index in [2.05, 4.69) is 4.74 Å². The summed E-state index contributed by atoms with van der Waals surface area (Å²) in [5.74, 6) is -13.6. The molecule has 0 bridgehead atoms. The minimum absolute atomic E-state index is 1.93. The molecule has 0 spiro atoms. The van der Waals surface area contributed by atoms with Gasteiger partial charge in [-0.25, -0.2) is 13.6 Å². The molecule has 0 unspecified atom stereocenters. The van der Waals surface area contributed by atoms with Gasteiger partial charge in [0.2, 0.25) is 17.4 Å². The second kappa shape index (κ2) is 4.52. The van der Waals surface area contributed by atoms with Crippen molar-refractivity contribution in [2.45, 2.75) is 6.61 Å². The lowest BCUT2D eigenvalue weighted by molar-refractivity contribution is -0.0554. The summed E-state index contributed by atoms with van der Waals surface area (Å²) in [6.45, 7) is -3.73. The first-order valence-electron chi connectivity index (χ1n) is 3.81. The zero-order valence-corrected chi connectivity index (χ0v) is 7.61. The van der Waals surface area contributed by atoms with Gasteiger partial charge in [-0.2, -0.15) is 17.6 Å². The highest BCUT2D eigenvalue weighted by atomic mass is 19.3. The van der Waals surface area contributed by atoms with Gasteiger partial charge in [0.1, 0.15) is 5.56 Å². The number of ether oxygens (including phenoxy) is 1. The highest BCUT2D eigenvalue weighted by Gasteiger charge is 2.31. The van der Waals surface area contributed by atoms with Gasteiger partial charge in [-0.3, -0.25) is 0 Å². The molecule has 1 N–H and O–H groups in total. The summed E-state index contributed by atoms with van der Waals surface area (Å²) >= 11 is 0. The minimum Gasteiger partial charge on any atom is -0.477 e. The van der Waals surface area contributed by atoms with E-state index in [9.17, 15) is 31.1 Å². The van der Waals surface area contributed by atoms with Gasteiger partial charge in [-0.1, -0.05) is 0 Å². The van der Waals surface area contributed by atoms with Crippen molar-refractivity contribution in [2.24, 2.45) is 0 Å². The molecular formula is C8H2F6O3. The molecule has 0 aliphatic rings. The van der Waals surface area contributed by atoms with E-state index in [0.717, 1.165) is 0 Å². The normalized spacial score (nSPS) is 10.8. The Morgan fingerprint density at radius 2 is 1.41 bits per heavy atom. The highest BCUT2D eigenvalue weighted by molar-refractivity contribution is 5.88. The average Bonchev–Trinajstić information content (AvgIpc) is 2.21. The van der Waals surface area contributed by atoms with Crippen molar-refractivity contribution < 1.29 is 41.0 Å². The van der Waals surface area contributed by atoms with E-state index in [1.54, 1.807) is 0 Å². The van der Waals surface area contributed by atoms with Crippen molar-refractivity contribution in [2.75, 3.05) is 0 Å². The number of hydrogen-bond acceptors (Lipinski definition) is 2. The van der Waals surface area contributed by atoms with Gasteiger partial charge in [0.15, 0.2) is 11.6 Å². The zero-order valence-electron chi connectivity index (χ0n) is 7.61. The third-order valence-electron chi connectivity index (χ3n) is 1.64. The van der Waals surface area contributed by atoms with Crippen molar-refractivity contribution in [1.29, 1.82) is 0 Å². The fourth-order valence-electron chi connectivity index (χ4n) is 0.992. The van der Waals surface area contributed by atoms with E-state index in [1.807, 2.05) is 0 Å². The maximum atomic E-state index is 12.9. The van der Waals surface area contributed by atoms with Crippen LogP contribution in [-0.2, 0) is 0 Å². The molecule has 0 amide bonds. The Kier molecular flexibility index (Phi) is 3.49. The maximum Gasteiger partial charge on any atom is 0.387 e. The number of carboxylic acids is 1. The standard InChI is InChI=1S/C8H2F6O3/c9-2-1(7(15)16)3(10)5(12)6(4(2)11)17-8(13)14/h8H,(H,15,16). The number of alkyl halides is 2. The molecule has 0 fully saturated rings. The Morgan fingerprint density at radius 3 is 1.71 bits per heavy atom. The van der Waals surface area contributed by atoms with Crippen molar-refractivity contribution >= 4 is 5.97 Å². The smallest absolute Gasteiger partial charge is 0.387 e. The first-order valence-corrected chi connectivity index (χ1v) is 3.81. The van der Waals surface area contributed by atoms with Crippen LogP contribution in [0, 0.1) is 23.3 Å². The molecule has 1 aromatic rings. The Labute approximate surface area is 89.2 Å². The van der Waals surface area contributed by atoms with Crippen LogP contribution in [0.5, 0.6) is 5.75 Å². The lowest BCUT2D eigenvalue weighted by Gasteiger charge is -2.10. The molecule has 0 heterocycles. The lowest BCUT2D eigenvalue weighted by atomic mass is 10.1. The predicted molar refractivity (Wildman–Crippen MR) is 39.9 cm³/mol. The van der Waals surface area contributed by atoms with Crippen LogP contribution in [0.2, 0.25) is 0 Å². The van der Waals surface area contributed by atoms with Crippen molar-refractivity contribution in [3.8, 4) is 5.75 Å². The van der Waals surface area contributed by atoms with Crippen LogP contribution in [0.3, 0.4) is 0 Å². The Bertz CT molecular complexity index is 444. The summed E-state index contributed by atoms with van der Waals surface area (Å²) in [5, 5.41) is 8.27. The van der Waals surface area contributed by atoms with Crippen LogP contribution in [0.1, 0.15) is 10.4 Å². The first-order chi connectivity index (χ1) is 7.77. The SMILES string of the molecule is O=C(O)c1c(F)c(F)c(OC(F)F)c(F)c1F. The Morgan fingerprint density at radius 1 is 1.00 bits per heavy atom. The molecular weight excluding hydrogens is 258 g/mol. The number of benzene rings is 1. The molecule has 3 nitrogen and oxygen atoms in total. The third kappa shape index (κ3) is 2.27. The predicted octanol–water partition coefficient (Wildman–Crippen LogP) is 2.54. The molecule has 0 aliphatic heterocycles. The van der Waals surface area contributed by atoms with Gasteiger partial charge >= 0.3 is 12.6 Å². The van der Waals surface area contributed by atoms with Gasteiger partial charge in [-0.05, 0) is 0 Å². The molecule has 1 aromatic carbocycles. The summed E-state index contributed by atoms with van der Waals surface area (Å²) < 4.78 is 78.3. The van der Waals surface area contributed by atoms with Crippen LogP contribution < -0.4 is 4.74 Å². The quantitative estimate of drug-likeness (QED) is 0.671. The van der Waals surface area contributed by atoms with Crippen LogP contribution in [-0.4, -0.2) is 17.7 Å². The van der Waals surface area contributed by atoms with Crippen molar-refractivity contribution in [3.63, 3.8) is 0 Å². The van der Waals surface area contributed by atoms with Gasteiger partial charge in [0.05, 0.1) is 0 Å². The average molecular weight is 260 g/mol. The molecule has 0 aliphatic carbocycles. The van der Waals surface area contributed by atoms with E-state index < -0.39 is 47.2 Å². The molecule has 0 atom stereocenters. The number of aromatic carboxylic acids is 1. The van der Waals surface area contributed by atoms with Crippen LogP contribution in [0.4, 0.5) is 26.3 Å². The van der Waals surface area contributed by atoms with Crippen LogP contribution in [0.15, 0.2) is 0 Å². The maximum absolute atomic E-state index is 12.9. The van der Waals surface area contributed by atoms with Gasteiger partial charge in [-0.15, -0.1) is 0 Å². The molecule has 1 rings (SSSR count). The summed E-state index contributed by atoms with van der Waals surface area (Å²) in [7, 11) is 0. The molecule has 0 saturated carbocycles. The van der Waals surface area contributed by atoms with E-state index in [4.69, 9.17) is 5.11 Å². The number of carboxylic acid groups (broad SMARTS) is 1. The monoisotopic (exact) mass is 260 g/mol. The van der Waals surface area contributed by atoms with Gasteiger partial charge in [0, 0.05) is 0 Å². The molecule has 9 heteroatoms. The van der Waals surface area contributed by atoms with Gasteiger partial charge < -0.3 is 9.84 Å². The van der Waals surface area contributed by atoms with Crippen molar-refractivity contribution in [3.05, 3.63) is 28.8 Å². The van der Waals surface area contributed by atoms with E-state index in [0.29, 0.717) is 0 Å². The largest absolute Gasteiger partial charge is 0.477 e. The van der Waals surface area contributed by atoms with E-state index in [1.165, 1.54) is 0 Å². The fraction of sp³-hybridized carbons (Fsp3) is 0.125. The Hall–Kier alpha value is -1.93. The number of hydrogen-bond donors (Lipinski definition) is 1. The Balaban J connectivity index is 3.52. The van der Waals surface area contributed by atoms with Crippen LogP contribution in [0.25, 0.3) is 0 Å². The number of rotatable bonds is 3. The third-order valence-corrected chi connectivity index (χ3v) is 1.64. The number of carbonyl (C=O) groups is 1. The first kappa shape index (κ1) is 13.1. The molecule has 94 valence electrons. The molecule has 0 saturated heterocycles. The summed E-state index contributed by atoms with van der Waals surface area (Å²) in [4.78, 5) is 10.3. The zero-order chi connectivity index (χ0) is 13.3. The van der Waals surface area contributed by atoms with Gasteiger partial charge in [0.25, 0.3) is 0 Å². The number of halogens is 6. The van der Waals surface area contributed by atoms with Crippen LogP contribution >= 0.6 is 0 Å². The summed E-state index contributed by atoms with van der Waals surface area (Å²) in [6.07, 6.45) is 0. The molecule has 0 aromatic heterocycles. The minimum atomic E-state index is -3.73. The molecule has 17 heavy (non-hydrogen) atoms. The van der Waals surface area contributed by atoms with E-state index >= 15 is 0 Å². The van der Waals surface area contributed by atoms with E-state index in [-0.39, 0.29) is 0 Å². The molecule has 0 radical (unpaired) electrons. The lowest BCUT2D eigenvalue weighted by Crippen LogP contribution is -2.14. The second-order valence-corrected chi connectivity index (χ2v) is 2.64. The summed E-state index contributed by atoms with van der Waals surface area (Å²) in [6, 6.07) is 0. The highest BCUT2D eigenvalue weighted by Crippen LogP contribution is 2.30. The topological polar surface area (TPSA) is 46.5 Å². The fourth-order valence-corrected chi connectivity index (χ4v) is 0.992. The van der Waals surface area contributed by atoms with Crippen molar-refractivity contribution in [1.82, 2.24) is 0 Å².